The van der Waals surface area contributed by atoms with Crippen molar-refractivity contribution < 1.29 is 22.4 Å². The van der Waals surface area contributed by atoms with E-state index in [-0.39, 0.29) is 11.7 Å². The van der Waals surface area contributed by atoms with Crippen LogP contribution < -0.4 is 9.62 Å². The zero-order valence-corrected chi connectivity index (χ0v) is 16.1. The third-order valence-corrected chi connectivity index (χ3v) is 5.19. The van der Waals surface area contributed by atoms with Gasteiger partial charge in [-0.05, 0) is 46.3 Å². The minimum absolute atomic E-state index is 0.288. The zero-order valence-electron chi connectivity index (χ0n) is 13.7. The van der Waals surface area contributed by atoms with Crippen molar-refractivity contribution >= 4 is 49.8 Å². The highest BCUT2D eigenvalue weighted by Gasteiger charge is 2.24. The molecule has 0 aliphatic heterocycles. The van der Waals surface area contributed by atoms with Gasteiger partial charge in [0.2, 0.25) is 0 Å². The molecule has 0 saturated heterocycles. The van der Waals surface area contributed by atoms with E-state index in [1.54, 1.807) is 12.1 Å². The molecular formula is C17H14BrFN2O4S. The average Bonchev–Trinajstić information content (AvgIpc) is 2.98. The van der Waals surface area contributed by atoms with Crippen LogP contribution in [0.15, 0.2) is 45.3 Å². The number of fused-ring (bicyclic) bond motifs is 1. The van der Waals surface area contributed by atoms with Crippen LogP contribution in [0.3, 0.4) is 0 Å². The molecule has 6 nitrogen and oxygen atoms in total. The van der Waals surface area contributed by atoms with Gasteiger partial charge in [0.1, 0.15) is 17.2 Å². The number of nitrogens with one attached hydrogen (secondary N) is 1. The standard InChI is InChI=1S/C17H14BrFN2O4S/c1-20-17(22)15-11-7-12(18)13(21(2)26(23)24)8-14(11)25-16(15)9-3-5-10(19)6-4-9/h3-8H,1-2H3,(H,20,22)(H,23,24). The Morgan fingerprint density at radius 2 is 1.96 bits per heavy atom. The molecule has 0 aliphatic carbocycles. The van der Waals surface area contributed by atoms with E-state index < -0.39 is 17.1 Å². The third kappa shape index (κ3) is 3.25. The number of nitrogens with zero attached hydrogens (tertiary/aromatic N) is 1. The molecule has 2 N–H and O–H groups in total. The first-order valence-electron chi connectivity index (χ1n) is 7.42. The average molecular weight is 441 g/mol. The molecule has 0 saturated carbocycles. The summed E-state index contributed by atoms with van der Waals surface area (Å²) in [6.07, 6.45) is 0. The van der Waals surface area contributed by atoms with E-state index in [4.69, 9.17) is 4.42 Å². The van der Waals surface area contributed by atoms with Gasteiger partial charge < -0.3 is 9.73 Å². The largest absolute Gasteiger partial charge is 0.455 e. The molecule has 1 unspecified atom stereocenters. The first-order chi connectivity index (χ1) is 12.3. The molecule has 136 valence electrons. The Bertz CT molecular complexity index is 1020. The van der Waals surface area contributed by atoms with Crippen LogP contribution in [0, 0.1) is 5.82 Å². The summed E-state index contributed by atoms with van der Waals surface area (Å²) in [5.74, 6) is -0.471. The van der Waals surface area contributed by atoms with Gasteiger partial charge in [-0.1, -0.05) is 0 Å². The van der Waals surface area contributed by atoms with Crippen LogP contribution >= 0.6 is 15.9 Å². The molecule has 1 atom stereocenters. The Morgan fingerprint density at radius 3 is 2.54 bits per heavy atom. The minimum atomic E-state index is -2.22. The summed E-state index contributed by atoms with van der Waals surface area (Å²) in [4.78, 5) is 12.4. The van der Waals surface area contributed by atoms with Crippen LogP contribution in [0.2, 0.25) is 0 Å². The van der Waals surface area contributed by atoms with E-state index in [9.17, 15) is 17.9 Å². The lowest BCUT2D eigenvalue weighted by molar-refractivity contribution is 0.0964. The van der Waals surface area contributed by atoms with Crippen molar-refractivity contribution in [2.75, 3.05) is 18.4 Å². The van der Waals surface area contributed by atoms with Crippen LogP contribution in [0.25, 0.3) is 22.3 Å². The van der Waals surface area contributed by atoms with Gasteiger partial charge in [-0.2, -0.15) is 0 Å². The van der Waals surface area contributed by atoms with Crippen molar-refractivity contribution in [3.05, 3.63) is 52.3 Å². The van der Waals surface area contributed by atoms with Crippen molar-refractivity contribution in [2.24, 2.45) is 0 Å². The summed E-state index contributed by atoms with van der Waals surface area (Å²) in [5, 5.41) is 3.09. The second kappa shape index (κ2) is 7.18. The van der Waals surface area contributed by atoms with Gasteiger partial charge in [-0.15, -0.1) is 0 Å². The van der Waals surface area contributed by atoms with E-state index in [2.05, 4.69) is 21.2 Å². The molecule has 0 spiro atoms. The summed E-state index contributed by atoms with van der Waals surface area (Å²) in [5.41, 5.74) is 1.62. The number of anilines is 1. The molecular weight excluding hydrogens is 427 g/mol. The number of rotatable bonds is 4. The zero-order chi connectivity index (χ0) is 19.0. The molecule has 0 radical (unpaired) electrons. The van der Waals surface area contributed by atoms with Crippen molar-refractivity contribution in [3.8, 4) is 11.3 Å². The van der Waals surface area contributed by atoms with Crippen LogP contribution in [0.1, 0.15) is 10.4 Å². The highest BCUT2D eigenvalue weighted by molar-refractivity contribution is 9.10. The molecule has 2 aromatic carbocycles. The van der Waals surface area contributed by atoms with Crippen molar-refractivity contribution in [3.63, 3.8) is 0 Å². The summed E-state index contributed by atoms with van der Waals surface area (Å²) < 4.78 is 41.4. The number of furan rings is 1. The Hall–Kier alpha value is -2.23. The lowest BCUT2D eigenvalue weighted by atomic mass is 10.0. The number of carbonyl (C=O) groups excluding carboxylic acids is 1. The fourth-order valence-corrected chi connectivity index (χ4v) is 3.63. The maximum Gasteiger partial charge on any atom is 0.261 e. The monoisotopic (exact) mass is 440 g/mol. The van der Waals surface area contributed by atoms with Crippen molar-refractivity contribution in [2.45, 2.75) is 0 Å². The molecule has 3 aromatic rings. The maximum atomic E-state index is 13.2. The van der Waals surface area contributed by atoms with E-state index in [1.807, 2.05) is 0 Å². The number of carbonyl (C=O) groups is 1. The molecule has 3 rings (SSSR count). The molecule has 26 heavy (non-hydrogen) atoms. The molecule has 1 heterocycles. The normalized spacial score (nSPS) is 12.2. The molecule has 0 bridgehead atoms. The number of hydrogen-bond donors (Lipinski definition) is 2. The highest BCUT2D eigenvalue weighted by Crippen LogP contribution is 2.39. The van der Waals surface area contributed by atoms with Gasteiger partial charge >= 0.3 is 0 Å². The van der Waals surface area contributed by atoms with E-state index in [1.165, 1.54) is 38.4 Å². The molecule has 0 aliphatic rings. The molecule has 0 fully saturated rings. The number of hydrogen-bond acceptors (Lipinski definition) is 3. The number of amides is 1. The fourth-order valence-electron chi connectivity index (χ4n) is 2.59. The number of halogens is 2. The lowest BCUT2D eigenvalue weighted by Gasteiger charge is -2.15. The third-order valence-electron chi connectivity index (χ3n) is 3.89. The molecule has 9 heteroatoms. The minimum Gasteiger partial charge on any atom is -0.455 e. The maximum absolute atomic E-state index is 13.2. The van der Waals surface area contributed by atoms with Crippen LogP contribution in [0.5, 0.6) is 0 Å². The summed E-state index contributed by atoms with van der Waals surface area (Å²) >= 11 is 1.14. The van der Waals surface area contributed by atoms with Gasteiger partial charge in [-0.25, -0.2) is 8.60 Å². The highest BCUT2D eigenvalue weighted by atomic mass is 79.9. The summed E-state index contributed by atoms with van der Waals surface area (Å²) in [7, 11) is 2.95. The van der Waals surface area contributed by atoms with Gasteiger partial charge in [0, 0.05) is 35.6 Å². The Morgan fingerprint density at radius 1 is 1.31 bits per heavy atom. The summed E-state index contributed by atoms with van der Waals surface area (Å²) in [6.45, 7) is 0. The predicted molar refractivity (Wildman–Crippen MR) is 102 cm³/mol. The molecule has 1 aromatic heterocycles. The van der Waals surface area contributed by atoms with Gasteiger partial charge in [0.15, 0.2) is 0 Å². The van der Waals surface area contributed by atoms with Gasteiger partial charge in [0.05, 0.1) is 11.3 Å². The SMILES string of the molecule is CNC(=O)c1c(-c2ccc(F)cc2)oc2cc(N(C)S(=O)O)c(Br)cc12. The Labute approximate surface area is 159 Å². The Kier molecular flexibility index (Phi) is 5.12. The topological polar surface area (TPSA) is 82.8 Å². The van der Waals surface area contributed by atoms with E-state index >= 15 is 0 Å². The lowest BCUT2D eigenvalue weighted by Crippen LogP contribution is -2.19. The molecule has 1 amide bonds. The first-order valence-corrected chi connectivity index (χ1v) is 9.28. The predicted octanol–water partition coefficient (Wildman–Crippen LogP) is 3.93. The van der Waals surface area contributed by atoms with E-state index in [0.717, 1.165) is 4.31 Å². The smallest absolute Gasteiger partial charge is 0.261 e. The summed E-state index contributed by atoms with van der Waals surface area (Å²) in [6, 6.07) is 8.80. The number of benzene rings is 2. The quantitative estimate of drug-likeness (QED) is 0.601. The van der Waals surface area contributed by atoms with Gasteiger partial charge in [-0.3, -0.25) is 13.7 Å². The van der Waals surface area contributed by atoms with Crippen molar-refractivity contribution in [1.29, 1.82) is 0 Å². The second-order valence-corrected chi connectivity index (χ2v) is 7.28. The van der Waals surface area contributed by atoms with Crippen LogP contribution in [-0.2, 0) is 11.3 Å². The van der Waals surface area contributed by atoms with Gasteiger partial charge in [0.25, 0.3) is 17.2 Å². The van der Waals surface area contributed by atoms with Crippen LogP contribution in [0.4, 0.5) is 10.1 Å². The van der Waals surface area contributed by atoms with E-state index in [0.29, 0.717) is 32.3 Å². The first kappa shape index (κ1) is 18.6. The second-order valence-electron chi connectivity index (χ2n) is 5.42. The van der Waals surface area contributed by atoms with Crippen molar-refractivity contribution in [1.82, 2.24) is 5.32 Å². The fraction of sp³-hybridized carbons (Fsp3) is 0.118. The Balaban J connectivity index is 2.29. The van der Waals surface area contributed by atoms with Crippen LogP contribution in [-0.4, -0.2) is 28.8 Å².